The molecule has 0 spiro atoms. The summed E-state index contributed by atoms with van der Waals surface area (Å²) in [4.78, 5) is 0. The maximum atomic E-state index is 5.94. The Morgan fingerprint density at radius 3 is 3.07 bits per heavy atom. The van der Waals surface area contributed by atoms with Gasteiger partial charge in [-0.25, -0.2) is 0 Å². The van der Waals surface area contributed by atoms with E-state index in [-0.39, 0.29) is 0 Å². The Morgan fingerprint density at radius 2 is 2.36 bits per heavy atom. The highest BCUT2D eigenvalue weighted by molar-refractivity contribution is 6.34. The van der Waals surface area contributed by atoms with Gasteiger partial charge in [0, 0.05) is 5.39 Å². The Labute approximate surface area is 87.2 Å². The summed E-state index contributed by atoms with van der Waals surface area (Å²) in [5.74, 6) is 0.304. The van der Waals surface area contributed by atoms with Crippen molar-refractivity contribution >= 4 is 22.5 Å². The summed E-state index contributed by atoms with van der Waals surface area (Å²) in [7, 11) is 0. The molecule has 1 unspecified atom stereocenters. The van der Waals surface area contributed by atoms with Gasteiger partial charge in [0.2, 0.25) is 0 Å². The van der Waals surface area contributed by atoms with E-state index in [2.05, 4.69) is 17.1 Å². The number of halogens is 1. The standard InChI is InChI=1S/C10H12ClN3/c1-6(5-12)7-3-2-4-8-9(7)13-14-10(8)11/h2-4,6H,5,12H2,1H3,(H,13,14). The number of rotatable bonds is 2. The molecule has 3 nitrogen and oxygen atoms in total. The quantitative estimate of drug-likeness (QED) is 0.798. The van der Waals surface area contributed by atoms with Crippen molar-refractivity contribution in [2.75, 3.05) is 6.54 Å². The van der Waals surface area contributed by atoms with Gasteiger partial charge < -0.3 is 5.73 Å². The van der Waals surface area contributed by atoms with Crippen molar-refractivity contribution in [3.05, 3.63) is 28.9 Å². The molecule has 3 N–H and O–H groups in total. The summed E-state index contributed by atoms with van der Waals surface area (Å²) in [5.41, 5.74) is 7.70. The molecule has 74 valence electrons. The van der Waals surface area contributed by atoms with Crippen molar-refractivity contribution in [3.8, 4) is 0 Å². The highest BCUT2D eigenvalue weighted by Gasteiger charge is 2.11. The van der Waals surface area contributed by atoms with E-state index in [1.807, 2.05) is 18.2 Å². The van der Waals surface area contributed by atoms with Gasteiger partial charge in [0.15, 0.2) is 0 Å². The summed E-state index contributed by atoms with van der Waals surface area (Å²) < 4.78 is 0. The van der Waals surface area contributed by atoms with Gasteiger partial charge in [-0.3, -0.25) is 5.10 Å². The molecule has 0 saturated heterocycles. The van der Waals surface area contributed by atoms with Crippen LogP contribution in [0.4, 0.5) is 0 Å². The first-order valence-corrected chi connectivity index (χ1v) is 4.94. The molecule has 0 saturated carbocycles. The smallest absolute Gasteiger partial charge is 0.132 e. The number of para-hydroxylation sites is 1. The van der Waals surface area contributed by atoms with Crippen LogP contribution in [-0.4, -0.2) is 16.7 Å². The molecule has 1 aromatic carbocycles. The van der Waals surface area contributed by atoms with Crippen molar-refractivity contribution < 1.29 is 0 Å². The van der Waals surface area contributed by atoms with Gasteiger partial charge in [-0.05, 0) is 24.1 Å². The predicted octanol–water partition coefficient (Wildman–Crippen LogP) is 2.28. The van der Waals surface area contributed by atoms with E-state index in [1.54, 1.807) is 0 Å². The number of nitrogens with two attached hydrogens (primary N) is 1. The van der Waals surface area contributed by atoms with Gasteiger partial charge in [-0.1, -0.05) is 30.7 Å². The van der Waals surface area contributed by atoms with Crippen LogP contribution >= 0.6 is 11.6 Å². The Kier molecular flexibility index (Phi) is 2.44. The van der Waals surface area contributed by atoms with E-state index >= 15 is 0 Å². The van der Waals surface area contributed by atoms with Gasteiger partial charge in [0.1, 0.15) is 5.15 Å². The van der Waals surface area contributed by atoms with E-state index in [0.717, 1.165) is 16.5 Å². The molecule has 1 atom stereocenters. The molecule has 1 aromatic heterocycles. The molecule has 0 aliphatic heterocycles. The SMILES string of the molecule is CC(CN)c1cccc2c(Cl)[nH]nc12. The molecule has 2 rings (SSSR count). The second-order valence-corrected chi connectivity index (χ2v) is 3.80. The molecule has 0 aliphatic rings. The zero-order valence-corrected chi connectivity index (χ0v) is 8.67. The molecule has 4 heteroatoms. The number of hydrogen-bond donors (Lipinski definition) is 2. The van der Waals surface area contributed by atoms with Crippen molar-refractivity contribution in [2.45, 2.75) is 12.8 Å². The topological polar surface area (TPSA) is 54.7 Å². The lowest BCUT2D eigenvalue weighted by Crippen LogP contribution is -2.09. The summed E-state index contributed by atoms with van der Waals surface area (Å²) in [6.07, 6.45) is 0. The lowest BCUT2D eigenvalue weighted by atomic mass is 9.99. The van der Waals surface area contributed by atoms with Crippen LogP contribution in [0.2, 0.25) is 5.15 Å². The lowest BCUT2D eigenvalue weighted by Gasteiger charge is -2.08. The Bertz CT molecular complexity index is 450. The van der Waals surface area contributed by atoms with Crippen LogP contribution in [0.1, 0.15) is 18.4 Å². The minimum Gasteiger partial charge on any atom is -0.330 e. The zero-order chi connectivity index (χ0) is 10.1. The predicted molar refractivity (Wildman–Crippen MR) is 58.6 cm³/mol. The summed E-state index contributed by atoms with van der Waals surface area (Å²) in [5, 5.41) is 8.50. The van der Waals surface area contributed by atoms with Crippen LogP contribution in [0.15, 0.2) is 18.2 Å². The third-order valence-electron chi connectivity index (χ3n) is 2.45. The van der Waals surface area contributed by atoms with Crippen LogP contribution in [0, 0.1) is 0 Å². The van der Waals surface area contributed by atoms with Crippen molar-refractivity contribution in [2.24, 2.45) is 5.73 Å². The number of hydrogen-bond acceptors (Lipinski definition) is 2. The largest absolute Gasteiger partial charge is 0.330 e. The fourth-order valence-electron chi connectivity index (χ4n) is 1.55. The van der Waals surface area contributed by atoms with Gasteiger partial charge in [0.25, 0.3) is 0 Å². The number of nitrogens with zero attached hydrogens (tertiary/aromatic N) is 1. The third kappa shape index (κ3) is 1.38. The average molecular weight is 210 g/mol. The molecule has 0 bridgehead atoms. The minimum atomic E-state index is 0.304. The first-order valence-electron chi connectivity index (χ1n) is 4.56. The van der Waals surface area contributed by atoms with Crippen LogP contribution in [0.5, 0.6) is 0 Å². The fraction of sp³-hybridized carbons (Fsp3) is 0.300. The first-order chi connectivity index (χ1) is 6.74. The number of fused-ring (bicyclic) bond motifs is 1. The van der Waals surface area contributed by atoms with E-state index in [9.17, 15) is 0 Å². The minimum absolute atomic E-state index is 0.304. The van der Waals surface area contributed by atoms with Crippen molar-refractivity contribution in [1.82, 2.24) is 10.2 Å². The maximum Gasteiger partial charge on any atom is 0.132 e. The van der Waals surface area contributed by atoms with E-state index < -0.39 is 0 Å². The van der Waals surface area contributed by atoms with Crippen molar-refractivity contribution in [3.63, 3.8) is 0 Å². The monoisotopic (exact) mass is 209 g/mol. The van der Waals surface area contributed by atoms with Crippen LogP contribution < -0.4 is 5.73 Å². The normalized spacial score (nSPS) is 13.4. The first kappa shape index (κ1) is 9.49. The Morgan fingerprint density at radius 1 is 1.57 bits per heavy atom. The van der Waals surface area contributed by atoms with Crippen LogP contribution in [-0.2, 0) is 0 Å². The number of nitrogens with one attached hydrogen (secondary N) is 1. The summed E-state index contributed by atoms with van der Waals surface area (Å²) in [6.45, 7) is 2.70. The maximum absolute atomic E-state index is 5.94. The van der Waals surface area contributed by atoms with Gasteiger partial charge in [-0.15, -0.1) is 0 Å². The average Bonchev–Trinajstić information content (AvgIpc) is 2.59. The van der Waals surface area contributed by atoms with Gasteiger partial charge in [-0.2, -0.15) is 5.10 Å². The lowest BCUT2D eigenvalue weighted by molar-refractivity contribution is 0.778. The Hall–Kier alpha value is -1.06. The van der Waals surface area contributed by atoms with Crippen LogP contribution in [0.25, 0.3) is 10.9 Å². The molecular formula is C10H12ClN3. The molecule has 0 aliphatic carbocycles. The second-order valence-electron chi connectivity index (χ2n) is 3.42. The highest BCUT2D eigenvalue weighted by Crippen LogP contribution is 2.27. The molecule has 14 heavy (non-hydrogen) atoms. The number of aromatic amines is 1. The van der Waals surface area contributed by atoms with E-state index in [0.29, 0.717) is 17.6 Å². The summed E-state index contributed by atoms with van der Waals surface area (Å²) in [6, 6.07) is 5.97. The molecule has 1 heterocycles. The fourth-order valence-corrected chi connectivity index (χ4v) is 1.75. The molecule has 0 radical (unpaired) electrons. The van der Waals surface area contributed by atoms with Gasteiger partial charge >= 0.3 is 0 Å². The van der Waals surface area contributed by atoms with E-state index in [4.69, 9.17) is 17.3 Å². The number of benzene rings is 1. The molecule has 2 aromatic rings. The number of H-pyrrole nitrogens is 1. The highest BCUT2D eigenvalue weighted by atomic mass is 35.5. The van der Waals surface area contributed by atoms with E-state index in [1.165, 1.54) is 0 Å². The zero-order valence-electron chi connectivity index (χ0n) is 7.92. The second kappa shape index (κ2) is 3.59. The third-order valence-corrected chi connectivity index (χ3v) is 2.74. The van der Waals surface area contributed by atoms with Gasteiger partial charge in [0.05, 0.1) is 5.52 Å². The number of aromatic nitrogens is 2. The summed E-state index contributed by atoms with van der Waals surface area (Å²) >= 11 is 5.94. The Balaban J connectivity index is 2.65. The molecule has 0 fully saturated rings. The molecule has 0 amide bonds. The van der Waals surface area contributed by atoms with Crippen LogP contribution in [0.3, 0.4) is 0 Å². The van der Waals surface area contributed by atoms with Crippen molar-refractivity contribution in [1.29, 1.82) is 0 Å². The molecular weight excluding hydrogens is 198 g/mol.